The lowest BCUT2D eigenvalue weighted by molar-refractivity contribution is 0.499. The van der Waals surface area contributed by atoms with Gasteiger partial charge in [-0.3, -0.25) is 11.3 Å². The normalized spacial score (nSPS) is 12.4. The van der Waals surface area contributed by atoms with Crippen molar-refractivity contribution in [3.8, 4) is 0 Å². The number of nitrogens with two attached hydrogens (primary N) is 1. The second-order valence-electron chi connectivity index (χ2n) is 4.32. The van der Waals surface area contributed by atoms with E-state index >= 15 is 0 Å². The Balaban J connectivity index is 2.28. The SMILES string of the molecule is NNC(Cc1ccc(Cl)cc1F)c1ccc(Cl)cc1F. The number of benzene rings is 2. The molecule has 3 N–H and O–H groups in total. The molecule has 20 heavy (non-hydrogen) atoms. The highest BCUT2D eigenvalue weighted by molar-refractivity contribution is 6.30. The van der Waals surface area contributed by atoms with Gasteiger partial charge in [-0.1, -0.05) is 35.3 Å². The van der Waals surface area contributed by atoms with Crippen LogP contribution in [0.25, 0.3) is 0 Å². The van der Waals surface area contributed by atoms with Crippen molar-refractivity contribution in [2.75, 3.05) is 0 Å². The van der Waals surface area contributed by atoms with Gasteiger partial charge in [0.05, 0.1) is 6.04 Å². The molecule has 0 bridgehead atoms. The lowest BCUT2D eigenvalue weighted by Gasteiger charge is -2.17. The number of hydrogen-bond acceptors (Lipinski definition) is 2. The highest BCUT2D eigenvalue weighted by atomic mass is 35.5. The van der Waals surface area contributed by atoms with Gasteiger partial charge in [-0.25, -0.2) is 8.78 Å². The van der Waals surface area contributed by atoms with E-state index in [2.05, 4.69) is 5.43 Å². The summed E-state index contributed by atoms with van der Waals surface area (Å²) in [6.07, 6.45) is 0.193. The highest BCUT2D eigenvalue weighted by Crippen LogP contribution is 2.25. The van der Waals surface area contributed by atoms with Crippen LogP contribution in [0, 0.1) is 11.6 Å². The third-order valence-corrected chi connectivity index (χ3v) is 3.45. The van der Waals surface area contributed by atoms with Gasteiger partial charge in [0.2, 0.25) is 0 Å². The van der Waals surface area contributed by atoms with Crippen molar-refractivity contribution in [1.29, 1.82) is 0 Å². The summed E-state index contributed by atoms with van der Waals surface area (Å²) in [6, 6.07) is 8.05. The number of halogens is 4. The number of hydrazine groups is 1. The zero-order chi connectivity index (χ0) is 14.7. The summed E-state index contributed by atoms with van der Waals surface area (Å²) in [5.74, 6) is 4.50. The van der Waals surface area contributed by atoms with Crippen LogP contribution in [0.15, 0.2) is 36.4 Å². The van der Waals surface area contributed by atoms with E-state index < -0.39 is 17.7 Å². The summed E-state index contributed by atoms with van der Waals surface area (Å²) in [5, 5.41) is 0.598. The molecule has 0 saturated carbocycles. The molecule has 0 aliphatic carbocycles. The molecule has 0 heterocycles. The Bertz CT molecular complexity index is 620. The van der Waals surface area contributed by atoms with Crippen LogP contribution in [0.2, 0.25) is 10.0 Å². The standard InChI is InChI=1S/C14H12Cl2F2N2/c15-9-2-1-8(12(17)6-9)5-14(20-19)11-4-3-10(16)7-13(11)18/h1-4,6-7,14,20H,5,19H2. The summed E-state index contributed by atoms with van der Waals surface area (Å²) in [6.45, 7) is 0. The van der Waals surface area contributed by atoms with Gasteiger partial charge in [-0.15, -0.1) is 0 Å². The maximum absolute atomic E-state index is 13.9. The minimum Gasteiger partial charge on any atom is -0.271 e. The molecule has 2 aromatic rings. The number of rotatable bonds is 4. The smallest absolute Gasteiger partial charge is 0.129 e. The van der Waals surface area contributed by atoms with E-state index in [1.54, 1.807) is 18.2 Å². The first kappa shape index (κ1) is 15.2. The molecule has 0 spiro atoms. The summed E-state index contributed by atoms with van der Waals surface area (Å²) in [5.41, 5.74) is 3.21. The third-order valence-electron chi connectivity index (χ3n) is 2.98. The maximum Gasteiger partial charge on any atom is 0.129 e. The maximum atomic E-state index is 13.9. The number of hydrogen-bond donors (Lipinski definition) is 2. The van der Waals surface area contributed by atoms with Crippen molar-refractivity contribution in [1.82, 2.24) is 5.43 Å². The molecule has 2 aromatic carbocycles. The molecule has 2 rings (SSSR count). The molecule has 1 atom stereocenters. The van der Waals surface area contributed by atoms with E-state index in [4.69, 9.17) is 29.0 Å². The molecule has 0 aliphatic heterocycles. The third kappa shape index (κ3) is 3.46. The topological polar surface area (TPSA) is 38.0 Å². The summed E-state index contributed by atoms with van der Waals surface area (Å²) in [7, 11) is 0. The van der Waals surface area contributed by atoms with E-state index in [0.717, 1.165) is 0 Å². The molecule has 2 nitrogen and oxygen atoms in total. The molecular weight excluding hydrogens is 305 g/mol. The molecule has 0 fully saturated rings. The molecule has 106 valence electrons. The molecule has 6 heteroatoms. The van der Waals surface area contributed by atoms with Crippen molar-refractivity contribution in [3.05, 3.63) is 69.2 Å². The zero-order valence-electron chi connectivity index (χ0n) is 10.3. The Morgan fingerprint density at radius 1 is 1.00 bits per heavy atom. The second kappa shape index (κ2) is 6.50. The minimum atomic E-state index is -0.567. The Morgan fingerprint density at radius 2 is 1.60 bits per heavy atom. The molecule has 0 aromatic heterocycles. The molecule has 0 saturated heterocycles. The lowest BCUT2D eigenvalue weighted by atomic mass is 9.98. The van der Waals surface area contributed by atoms with E-state index in [1.807, 2.05) is 0 Å². The Morgan fingerprint density at radius 3 is 2.15 bits per heavy atom. The molecule has 0 aliphatic rings. The Hall–Kier alpha value is -1.20. The number of nitrogens with one attached hydrogen (secondary N) is 1. The summed E-state index contributed by atoms with van der Waals surface area (Å²) in [4.78, 5) is 0. The van der Waals surface area contributed by atoms with Gasteiger partial charge >= 0.3 is 0 Å². The Kier molecular flexibility index (Phi) is 4.94. The van der Waals surface area contributed by atoms with Gasteiger partial charge in [0, 0.05) is 15.6 Å². The van der Waals surface area contributed by atoms with Crippen LogP contribution in [0.1, 0.15) is 17.2 Å². The van der Waals surface area contributed by atoms with Crippen LogP contribution in [-0.4, -0.2) is 0 Å². The fourth-order valence-corrected chi connectivity index (χ4v) is 2.27. The van der Waals surface area contributed by atoms with Crippen molar-refractivity contribution in [3.63, 3.8) is 0 Å². The first-order chi connectivity index (χ1) is 9.51. The van der Waals surface area contributed by atoms with Crippen LogP contribution in [0.3, 0.4) is 0 Å². The van der Waals surface area contributed by atoms with E-state index in [0.29, 0.717) is 21.2 Å². The molecule has 1 unspecified atom stereocenters. The van der Waals surface area contributed by atoms with Gasteiger partial charge in [0.15, 0.2) is 0 Å². The van der Waals surface area contributed by atoms with Crippen molar-refractivity contribution in [2.45, 2.75) is 12.5 Å². The fourth-order valence-electron chi connectivity index (χ4n) is 1.95. The fraction of sp³-hybridized carbons (Fsp3) is 0.143. The van der Waals surface area contributed by atoms with Crippen LogP contribution < -0.4 is 11.3 Å². The van der Waals surface area contributed by atoms with E-state index in [1.165, 1.54) is 18.2 Å². The minimum absolute atomic E-state index is 0.193. The average Bonchev–Trinajstić information content (AvgIpc) is 2.39. The molecule has 0 radical (unpaired) electrons. The molecule has 0 amide bonds. The Labute approximate surface area is 125 Å². The van der Waals surface area contributed by atoms with Crippen LogP contribution in [-0.2, 0) is 6.42 Å². The summed E-state index contributed by atoms with van der Waals surface area (Å²) >= 11 is 11.4. The highest BCUT2D eigenvalue weighted by Gasteiger charge is 2.17. The predicted molar refractivity (Wildman–Crippen MR) is 76.6 cm³/mol. The molecular formula is C14H12Cl2F2N2. The van der Waals surface area contributed by atoms with Gasteiger partial charge < -0.3 is 0 Å². The van der Waals surface area contributed by atoms with Crippen LogP contribution >= 0.6 is 23.2 Å². The first-order valence-corrected chi connectivity index (χ1v) is 6.62. The second-order valence-corrected chi connectivity index (χ2v) is 5.20. The first-order valence-electron chi connectivity index (χ1n) is 5.86. The van der Waals surface area contributed by atoms with Crippen molar-refractivity contribution < 1.29 is 8.78 Å². The van der Waals surface area contributed by atoms with E-state index in [9.17, 15) is 8.78 Å². The van der Waals surface area contributed by atoms with Gasteiger partial charge in [0.1, 0.15) is 11.6 Å². The van der Waals surface area contributed by atoms with Crippen molar-refractivity contribution >= 4 is 23.2 Å². The van der Waals surface area contributed by atoms with E-state index in [-0.39, 0.29) is 6.42 Å². The van der Waals surface area contributed by atoms with Gasteiger partial charge in [0.25, 0.3) is 0 Å². The largest absolute Gasteiger partial charge is 0.271 e. The summed E-state index contributed by atoms with van der Waals surface area (Å²) < 4.78 is 27.6. The van der Waals surface area contributed by atoms with Crippen LogP contribution in [0.5, 0.6) is 0 Å². The quantitative estimate of drug-likeness (QED) is 0.660. The van der Waals surface area contributed by atoms with Gasteiger partial charge in [-0.2, -0.15) is 0 Å². The monoisotopic (exact) mass is 316 g/mol. The van der Waals surface area contributed by atoms with Crippen molar-refractivity contribution in [2.24, 2.45) is 5.84 Å². The predicted octanol–water partition coefficient (Wildman–Crippen LogP) is 4.02. The van der Waals surface area contributed by atoms with Gasteiger partial charge in [-0.05, 0) is 36.2 Å². The lowest BCUT2D eigenvalue weighted by Crippen LogP contribution is -2.30. The zero-order valence-corrected chi connectivity index (χ0v) is 11.8. The average molecular weight is 317 g/mol. The van der Waals surface area contributed by atoms with Crippen LogP contribution in [0.4, 0.5) is 8.78 Å².